The molecule has 1 aliphatic heterocycles. The molecule has 1 N–H and O–H groups in total. The molecule has 0 aliphatic carbocycles. The van der Waals surface area contributed by atoms with E-state index in [1.165, 1.54) is 0 Å². The van der Waals surface area contributed by atoms with Gasteiger partial charge in [0, 0.05) is 24.3 Å². The molecule has 34 heavy (non-hydrogen) atoms. The second-order valence-corrected chi connectivity index (χ2v) is 9.07. The highest BCUT2D eigenvalue weighted by Gasteiger charge is 2.29. The van der Waals surface area contributed by atoms with Crippen molar-refractivity contribution in [3.05, 3.63) is 70.8 Å². The Morgan fingerprint density at radius 3 is 2.74 bits per heavy atom. The number of fused-ring (bicyclic) bond motifs is 1. The van der Waals surface area contributed by atoms with Crippen molar-refractivity contribution < 1.29 is 4.79 Å². The van der Waals surface area contributed by atoms with Gasteiger partial charge < -0.3 is 10.2 Å². The molecular formula is C25H26ClN7O. The molecule has 5 rings (SSSR count). The summed E-state index contributed by atoms with van der Waals surface area (Å²) in [5.74, 6) is 0.628. The normalized spacial score (nSPS) is 16.1. The van der Waals surface area contributed by atoms with Crippen molar-refractivity contribution in [3.63, 3.8) is 0 Å². The fourth-order valence-corrected chi connectivity index (χ4v) is 4.69. The number of benzene rings is 1. The van der Waals surface area contributed by atoms with Crippen LogP contribution in [0.2, 0.25) is 5.02 Å². The molecule has 0 spiro atoms. The second-order valence-electron chi connectivity index (χ2n) is 8.63. The molecule has 4 heterocycles. The number of carbonyl (C=O) groups excluding carboxylic acids is 1. The van der Waals surface area contributed by atoms with Crippen LogP contribution < -0.4 is 10.2 Å². The summed E-state index contributed by atoms with van der Waals surface area (Å²) >= 11 is 6.07. The maximum absolute atomic E-state index is 12.9. The fraction of sp³-hybridized carbons (Fsp3) is 0.320. The Labute approximate surface area is 203 Å². The van der Waals surface area contributed by atoms with E-state index in [1.54, 1.807) is 6.20 Å². The topological polar surface area (TPSA) is 88.8 Å². The van der Waals surface area contributed by atoms with Gasteiger partial charge in [0.2, 0.25) is 5.91 Å². The molecule has 1 amide bonds. The average molecular weight is 476 g/mol. The van der Waals surface area contributed by atoms with Crippen LogP contribution in [0, 0.1) is 19.8 Å². The molecule has 174 valence electrons. The van der Waals surface area contributed by atoms with Gasteiger partial charge >= 0.3 is 0 Å². The number of amides is 1. The Balaban J connectivity index is 1.41. The highest BCUT2D eigenvalue weighted by molar-refractivity contribution is 6.30. The Kier molecular flexibility index (Phi) is 6.15. The maximum atomic E-state index is 12.9. The number of nitrogens with one attached hydrogen (secondary N) is 1. The van der Waals surface area contributed by atoms with E-state index in [0.717, 1.165) is 58.9 Å². The van der Waals surface area contributed by atoms with E-state index in [2.05, 4.69) is 25.4 Å². The quantitative estimate of drug-likeness (QED) is 0.469. The standard InChI is InChI=1S/C25H26ClN7O/c1-16-22-17(2)33(21-10-8-19(26)9-11-21)31-23(22)24(30-29-16)32-13-5-6-18(15-32)25(34)28-14-20-7-3-4-12-27-20/h3-4,7-12,18H,5-6,13-15H2,1-2H3,(H,28,34)/t18-/m1/s1. The minimum atomic E-state index is -0.130. The highest BCUT2D eigenvalue weighted by atomic mass is 35.5. The summed E-state index contributed by atoms with van der Waals surface area (Å²) in [5.41, 5.74) is 4.40. The molecular weight excluding hydrogens is 450 g/mol. The van der Waals surface area contributed by atoms with Crippen molar-refractivity contribution in [2.24, 2.45) is 5.92 Å². The summed E-state index contributed by atoms with van der Waals surface area (Å²) in [4.78, 5) is 19.3. The first-order chi connectivity index (χ1) is 16.5. The predicted molar refractivity (Wildman–Crippen MR) is 132 cm³/mol. The zero-order valence-electron chi connectivity index (χ0n) is 19.2. The first kappa shape index (κ1) is 22.3. The first-order valence-corrected chi connectivity index (χ1v) is 11.8. The molecule has 0 unspecified atom stereocenters. The number of carbonyl (C=O) groups is 1. The van der Waals surface area contributed by atoms with Gasteiger partial charge in [-0.05, 0) is 63.1 Å². The third-order valence-corrected chi connectivity index (χ3v) is 6.57. The van der Waals surface area contributed by atoms with Crippen LogP contribution in [0.5, 0.6) is 0 Å². The van der Waals surface area contributed by atoms with Gasteiger partial charge in [-0.3, -0.25) is 9.78 Å². The lowest BCUT2D eigenvalue weighted by Gasteiger charge is -2.32. The second kappa shape index (κ2) is 9.38. The van der Waals surface area contributed by atoms with Crippen molar-refractivity contribution in [2.75, 3.05) is 18.0 Å². The van der Waals surface area contributed by atoms with Gasteiger partial charge in [0.15, 0.2) is 5.82 Å². The minimum absolute atomic E-state index is 0.0366. The molecule has 0 radical (unpaired) electrons. The van der Waals surface area contributed by atoms with Gasteiger partial charge in [0.05, 0.1) is 40.6 Å². The number of piperidine rings is 1. The largest absolute Gasteiger partial charge is 0.352 e. The van der Waals surface area contributed by atoms with E-state index in [-0.39, 0.29) is 11.8 Å². The molecule has 0 bridgehead atoms. The number of rotatable bonds is 5. The van der Waals surface area contributed by atoms with Crippen LogP contribution in [0.1, 0.15) is 29.9 Å². The Bertz CT molecular complexity index is 1320. The van der Waals surface area contributed by atoms with Crippen molar-refractivity contribution >= 4 is 34.2 Å². The third-order valence-electron chi connectivity index (χ3n) is 6.32. The van der Waals surface area contributed by atoms with Crippen LogP contribution in [0.15, 0.2) is 48.7 Å². The summed E-state index contributed by atoms with van der Waals surface area (Å²) in [6.45, 7) is 5.80. The van der Waals surface area contributed by atoms with E-state index in [0.29, 0.717) is 18.1 Å². The van der Waals surface area contributed by atoms with Crippen LogP contribution >= 0.6 is 11.6 Å². The molecule has 1 atom stereocenters. The number of hydrogen-bond donors (Lipinski definition) is 1. The van der Waals surface area contributed by atoms with E-state index < -0.39 is 0 Å². The van der Waals surface area contributed by atoms with Crippen molar-refractivity contribution in [1.29, 1.82) is 0 Å². The number of aryl methyl sites for hydroxylation is 2. The third kappa shape index (κ3) is 4.33. The summed E-state index contributed by atoms with van der Waals surface area (Å²) in [6.07, 6.45) is 3.47. The van der Waals surface area contributed by atoms with Crippen molar-refractivity contribution in [2.45, 2.75) is 33.2 Å². The molecule has 4 aromatic rings. The molecule has 1 aromatic carbocycles. The summed E-state index contributed by atoms with van der Waals surface area (Å²) in [6, 6.07) is 13.3. The van der Waals surface area contributed by atoms with Crippen LogP contribution in [-0.4, -0.2) is 44.0 Å². The van der Waals surface area contributed by atoms with Gasteiger partial charge in [-0.2, -0.15) is 10.2 Å². The number of nitrogens with zero attached hydrogens (tertiary/aromatic N) is 6. The highest BCUT2D eigenvalue weighted by Crippen LogP contribution is 2.31. The number of anilines is 1. The van der Waals surface area contributed by atoms with Crippen LogP contribution in [-0.2, 0) is 11.3 Å². The smallest absolute Gasteiger partial charge is 0.225 e. The number of pyridine rings is 1. The summed E-state index contributed by atoms with van der Waals surface area (Å²) in [7, 11) is 0. The van der Waals surface area contributed by atoms with Crippen molar-refractivity contribution in [3.8, 4) is 5.69 Å². The predicted octanol–water partition coefficient (Wildman–Crippen LogP) is 4.01. The lowest BCUT2D eigenvalue weighted by atomic mass is 9.97. The van der Waals surface area contributed by atoms with Gasteiger partial charge in [-0.1, -0.05) is 17.7 Å². The first-order valence-electron chi connectivity index (χ1n) is 11.4. The summed E-state index contributed by atoms with van der Waals surface area (Å²) < 4.78 is 1.90. The number of halogens is 1. The molecule has 9 heteroatoms. The zero-order valence-corrected chi connectivity index (χ0v) is 20.0. The van der Waals surface area contributed by atoms with Crippen LogP contribution in [0.3, 0.4) is 0 Å². The minimum Gasteiger partial charge on any atom is -0.352 e. The lowest BCUT2D eigenvalue weighted by molar-refractivity contribution is -0.125. The Morgan fingerprint density at radius 1 is 1.15 bits per heavy atom. The lowest BCUT2D eigenvalue weighted by Crippen LogP contribution is -2.43. The van der Waals surface area contributed by atoms with E-state index in [9.17, 15) is 4.79 Å². The molecule has 1 fully saturated rings. The fourth-order valence-electron chi connectivity index (χ4n) is 4.57. The van der Waals surface area contributed by atoms with E-state index >= 15 is 0 Å². The Hall–Kier alpha value is -3.52. The van der Waals surface area contributed by atoms with Gasteiger partial charge in [0.25, 0.3) is 0 Å². The molecule has 1 saturated heterocycles. The Morgan fingerprint density at radius 2 is 1.97 bits per heavy atom. The van der Waals surface area contributed by atoms with Crippen LogP contribution in [0.4, 0.5) is 5.82 Å². The van der Waals surface area contributed by atoms with Gasteiger partial charge in [-0.15, -0.1) is 5.10 Å². The molecule has 8 nitrogen and oxygen atoms in total. The van der Waals surface area contributed by atoms with Gasteiger partial charge in [0.1, 0.15) is 5.52 Å². The van der Waals surface area contributed by atoms with E-state index in [4.69, 9.17) is 16.7 Å². The van der Waals surface area contributed by atoms with Crippen LogP contribution in [0.25, 0.3) is 16.6 Å². The summed E-state index contributed by atoms with van der Waals surface area (Å²) in [5, 5.41) is 18.6. The average Bonchev–Trinajstić information content (AvgIpc) is 3.22. The van der Waals surface area contributed by atoms with Crippen molar-refractivity contribution in [1.82, 2.24) is 30.3 Å². The molecule has 0 saturated carbocycles. The van der Waals surface area contributed by atoms with Gasteiger partial charge in [-0.25, -0.2) is 4.68 Å². The number of aromatic nitrogens is 5. The zero-order chi connectivity index (χ0) is 23.7. The number of hydrogen-bond acceptors (Lipinski definition) is 6. The van der Waals surface area contributed by atoms with E-state index in [1.807, 2.05) is 61.0 Å². The monoisotopic (exact) mass is 475 g/mol. The SMILES string of the molecule is Cc1nnc(N2CCC[C@@H](C(=O)NCc3ccccn3)C2)c2nn(-c3ccc(Cl)cc3)c(C)c12. The molecule has 1 aliphatic rings. The molecule has 3 aromatic heterocycles. The maximum Gasteiger partial charge on any atom is 0.225 e.